The van der Waals surface area contributed by atoms with Gasteiger partial charge in [0.25, 0.3) is 0 Å². The summed E-state index contributed by atoms with van der Waals surface area (Å²) in [6, 6.07) is 97.8. The second-order valence-corrected chi connectivity index (χ2v) is 21.7. The van der Waals surface area contributed by atoms with E-state index < -0.39 is 0 Å². The number of hydrogen-bond donors (Lipinski definition) is 0. The van der Waals surface area contributed by atoms with E-state index in [-0.39, 0.29) is 0 Å². The Morgan fingerprint density at radius 3 is 1.81 bits per heavy atom. The van der Waals surface area contributed by atoms with E-state index in [9.17, 15) is 0 Å². The van der Waals surface area contributed by atoms with E-state index in [1.165, 1.54) is 69.2 Å². The minimum absolute atomic E-state index is 0.842. The molecule has 79 heavy (non-hydrogen) atoms. The van der Waals surface area contributed by atoms with Crippen molar-refractivity contribution >= 4 is 114 Å². The minimum atomic E-state index is 0.842. The molecule has 0 saturated heterocycles. The number of benzene rings is 13. The van der Waals surface area contributed by atoms with Gasteiger partial charge in [-0.25, -0.2) is 0 Å². The fourth-order valence-corrected chi connectivity index (χ4v) is 13.6. The third kappa shape index (κ3) is 7.52. The number of aromatic nitrogens is 1. The van der Waals surface area contributed by atoms with Crippen LogP contribution < -0.4 is 4.90 Å². The van der Waals surface area contributed by atoms with Gasteiger partial charge in [-0.15, -0.1) is 11.3 Å². The summed E-state index contributed by atoms with van der Waals surface area (Å²) in [7, 11) is 0. The zero-order chi connectivity index (χ0) is 52.0. The fraction of sp³-hybridized carbons (Fsp3) is 0. The summed E-state index contributed by atoms with van der Waals surface area (Å²) in [5, 5.41) is 14.6. The Kier molecular flexibility index (Phi) is 10.4. The van der Waals surface area contributed by atoms with Gasteiger partial charge in [-0.3, -0.25) is 4.98 Å². The maximum atomic E-state index is 6.84. The zero-order valence-electron chi connectivity index (χ0n) is 42.8. The van der Waals surface area contributed by atoms with Gasteiger partial charge in [-0.1, -0.05) is 188 Å². The quantitative estimate of drug-likeness (QED) is 0.142. The predicted octanol–water partition coefficient (Wildman–Crippen LogP) is 21.8. The molecule has 0 aliphatic carbocycles. The SMILES string of the molecule is c1ccc(-c2ccc(N(c3ccc4cccc(-c5cccnc5)c4c3)c3ccc4oc5cccc(-c6cc7sc8ccccc8c7c7ccccc67)c5c4c3)cc2-c2cccc(-c3ccc4ccc5ccccc5c4c3)c2)cc1. The predicted molar refractivity (Wildman–Crippen MR) is 336 cm³/mol. The highest BCUT2D eigenvalue weighted by molar-refractivity contribution is 7.26. The van der Waals surface area contributed by atoms with E-state index in [2.05, 4.69) is 271 Å². The average molecular weight is 1020 g/mol. The number of hydrogen-bond acceptors (Lipinski definition) is 4. The summed E-state index contributed by atoms with van der Waals surface area (Å²) in [6.45, 7) is 0. The third-order valence-corrected chi connectivity index (χ3v) is 17.2. The Balaban J connectivity index is 0.918. The van der Waals surface area contributed by atoms with Crippen LogP contribution in [-0.2, 0) is 0 Å². The molecule has 368 valence electrons. The monoisotopic (exact) mass is 1020 g/mol. The molecule has 0 unspecified atom stereocenters. The van der Waals surface area contributed by atoms with Gasteiger partial charge in [0, 0.05) is 66.0 Å². The molecule has 0 fully saturated rings. The lowest BCUT2D eigenvalue weighted by atomic mass is 9.91. The van der Waals surface area contributed by atoms with Gasteiger partial charge in [0.15, 0.2) is 0 Å². The van der Waals surface area contributed by atoms with Crippen LogP contribution in [0.3, 0.4) is 0 Å². The highest BCUT2D eigenvalue weighted by Gasteiger charge is 2.22. The van der Waals surface area contributed by atoms with Gasteiger partial charge >= 0.3 is 0 Å². The number of thiophene rings is 1. The summed E-state index contributed by atoms with van der Waals surface area (Å²) < 4.78 is 9.42. The Morgan fingerprint density at radius 1 is 0.291 bits per heavy atom. The van der Waals surface area contributed by atoms with Crippen LogP contribution in [0, 0.1) is 0 Å². The highest BCUT2D eigenvalue weighted by Crippen LogP contribution is 2.48. The van der Waals surface area contributed by atoms with Crippen molar-refractivity contribution in [3.05, 3.63) is 279 Å². The largest absolute Gasteiger partial charge is 0.456 e. The van der Waals surface area contributed by atoms with E-state index in [0.717, 1.165) is 88.7 Å². The smallest absolute Gasteiger partial charge is 0.136 e. The van der Waals surface area contributed by atoms with Crippen molar-refractivity contribution in [1.82, 2.24) is 4.98 Å². The molecule has 3 nitrogen and oxygen atoms in total. The first-order valence-corrected chi connectivity index (χ1v) is 27.7. The van der Waals surface area contributed by atoms with Crippen LogP contribution in [0.4, 0.5) is 17.1 Å². The van der Waals surface area contributed by atoms with Gasteiger partial charge in [0.05, 0.1) is 0 Å². The van der Waals surface area contributed by atoms with Gasteiger partial charge in [0.2, 0.25) is 0 Å². The van der Waals surface area contributed by atoms with Crippen LogP contribution >= 0.6 is 11.3 Å². The van der Waals surface area contributed by atoms with Crippen molar-refractivity contribution in [3.63, 3.8) is 0 Å². The number of fused-ring (bicyclic) bond motifs is 12. The molecule has 0 atom stereocenters. The molecule has 0 amide bonds. The number of rotatable bonds is 8. The molecule has 0 saturated carbocycles. The molecule has 13 aromatic carbocycles. The lowest BCUT2D eigenvalue weighted by molar-refractivity contribution is 0.669. The molecular weight excluding hydrogens is 977 g/mol. The summed E-state index contributed by atoms with van der Waals surface area (Å²) in [6.07, 6.45) is 3.79. The van der Waals surface area contributed by atoms with Crippen LogP contribution in [0.2, 0.25) is 0 Å². The standard InChI is InChI=1S/C75H46N2OS/c1-2-14-47(15-3-1)60-37-35-56(43-67(60)53-19-10-18-51(40-53)52-32-31-50-30-29-48-16-4-5-21-58(48)65(50)41-52)77(55-34-33-49-17-11-25-59(66(49)42-55)54-20-13-39-76-46-54)57-36-38-70-69(44-57)74-63(26-12-27-71(74)78-70)68-45-73-75(62-23-7-6-22-61(62)68)64-24-8-9-28-72(64)79-73/h1-46H. The second kappa shape index (κ2) is 18.3. The van der Waals surface area contributed by atoms with E-state index in [0.29, 0.717) is 0 Å². The molecule has 16 aromatic rings. The first kappa shape index (κ1) is 45.1. The maximum Gasteiger partial charge on any atom is 0.136 e. The van der Waals surface area contributed by atoms with Crippen molar-refractivity contribution < 1.29 is 4.42 Å². The van der Waals surface area contributed by atoms with Crippen LogP contribution in [0.25, 0.3) is 141 Å². The van der Waals surface area contributed by atoms with Gasteiger partial charge in [-0.2, -0.15) is 0 Å². The Labute approximate surface area is 460 Å². The Bertz CT molecular complexity index is 5090. The van der Waals surface area contributed by atoms with Crippen LogP contribution in [0.15, 0.2) is 284 Å². The van der Waals surface area contributed by atoms with Crippen molar-refractivity contribution in [2.24, 2.45) is 0 Å². The van der Waals surface area contributed by atoms with E-state index >= 15 is 0 Å². The molecule has 16 rings (SSSR count). The molecule has 0 spiro atoms. The van der Waals surface area contributed by atoms with Gasteiger partial charge in [-0.05, 0) is 172 Å². The molecular formula is C75H46N2OS. The minimum Gasteiger partial charge on any atom is -0.456 e. The first-order chi connectivity index (χ1) is 39.1. The lowest BCUT2D eigenvalue weighted by Crippen LogP contribution is -2.10. The first-order valence-electron chi connectivity index (χ1n) is 26.9. The normalized spacial score (nSPS) is 11.8. The molecule has 0 N–H and O–H groups in total. The van der Waals surface area contributed by atoms with Crippen molar-refractivity contribution in [2.75, 3.05) is 4.90 Å². The van der Waals surface area contributed by atoms with E-state index in [1.807, 2.05) is 29.8 Å². The van der Waals surface area contributed by atoms with Crippen LogP contribution in [0.1, 0.15) is 0 Å². The zero-order valence-corrected chi connectivity index (χ0v) is 43.6. The van der Waals surface area contributed by atoms with Crippen molar-refractivity contribution in [3.8, 4) is 55.6 Å². The number of furan rings is 1. The fourth-order valence-electron chi connectivity index (χ4n) is 12.4. The van der Waals surface area contributed by atoms with E-state index in [4.69, 9.17) is 4.42 Å². The van der Waals surface area contributed by atoms with E-state index in [1.54, 1.807) is 0 Å². The molecule has 4 heteroatoms. The molecule has 0 bridgehead atoms. The number of nitrogens with zero attached hydrogens (tertiary/aromatic N) is 2. The Hall–Kier alpha value is -10.1. The summed E-state index contributed by atoms with van der Waals surface area (Å²) in [5.74, 6) is 0. The maximum absolute atomic E-state index is 6.84. The summed E-state index contributed by atoms with van der Waals surface area (Å²) in [4.78, 5) is 6.97. The lowest BCUT2D eigenvalue weighted by Gasteiger charge is -2.27. The van der Waals surface area contributed by atoms with Crippen molar-refractivity contribution in [2.45, 2.75) is 0 Å². The van der Waals surface area contributed by atoms with Gasteiger partial charge in [0.1, 0.15) is 11.2 Å². The van der Waals surface area contributed by atoms with Crippen LogP contribution in [-0.4, -0.2) is 4.98 Å². The topological polar surface area (TPSA) is 29.3 Å². The highest BCUT2D eigenvalue weighted by atomic mass is 32.1. The molecule has 0 aliphatic heterocycles. The average Bonchev–Trinajstić information content (AvgIpc) is 4.22. The number of pyridine rings is 1. The van der Waals surface area contributed by atoms with Crippen molar-refractivity contribution in [1.29, 1.82) is 0 Å². The summed E-state index contributed by atoms with van der Waals surface area (Å²) >= 11 is 1.86. The number of anilines is 3. The second-order valence-electron chi connectivity index (χ2n) is 20.6. The molecule has 3 heterocycles. The third-order valence-electron chi connectivity index (χ3n) is 16.1. The van der Waals surface area contributed by atoms with Gasteiger partial charge < -0.3 is 9.32 Å². The molecule has 3 aromatic heterocycles. The Morgan fingerprint density at radius 2 is 0.924 bits per heavy atom. The molecule has 0 aliphatic rings. The molecule has 0 radical (unpaired) electrons. The van der Waals surface area contributed by atoms with Crippen LogP contribution in [0.5, 0.6) is 0 Å². The summed E-state index contributed by atoms with van der Waals surface area (Å²) in [5.41, 5.74) is 16.3.